The highest BCUT2D eigenvalue weighted by atomic mass is 19.4. The van der Waals surface area contributed by atoms with Crippen molar-refractivity contribution in [2.75, 3.05) is 25.1 Å². The summed E-state index contributed by atoms with van der Waals surface area (Å²) in [5.41, 5.74) is 0.710. The summed E-state index contributed by atoms with van der Waals surface area (Å²) in [6, 6.07) is 6.12. The Balaban J connectivity index is 3.07. The first-order valence-corrected chi connectivity index (χ1v) is 6.58. The Labute approximate surface area is 126 Å². The summed E-state index contributed by atoms with van der Waals surface area (Å²) >= 11 is 0. The topological polar surface area (TPSA) is 51.1 Å². The molecular formula is C14H17F3N2O3. The van der Waals surface area contributed by atoms with Crippen LogP contribution in [-0.4, -0.2) is 38.4 Å². The highest BCUT2D eigenvalue weighted by Crippen LogP contribution is 2.25. The van der Waals surface area contributed by atoms with E-state index in [1.807, 2.05) is 18.7 Å². The molecule has 0 bridgehead atoms. The van der Waals surface area contributed by atoms with Crippen LogP contribution in [0.25, 0.3) is 0 Å². The molecule has 1 aromatic rings. The number of benzene rings is 1. The molecule has 122 valence electrons. The van der Waals surface area contributed by atoms with Crippen molar-refractivity contribution < 1.29 is 27.4 Å². The van der Waals surface area contributed by atoms with Crippen LogP contribution < -0.4 is 9.64 Å². The van der Waals surface area contributed by atoms with Crippen LogP contribution in [0.4, 0.5) is 23.7 Å². The van der Waals surface area contributed by atoms with Gasteiger partial charge in [0.15, 0.2) is 0 Å². The second-order valence-electron chi connectivity index (χ2n) is 4.16. The average Bonchev–Trinajstić information content (AvgIpc) is 2.47. The third kappa shape index (κ3) is 4.94. The second kappa shape index (κ2) is 7.67. The van der Waals surface area contributed by atoms with E-state index in [0.717, 1.165) is 7.11 Å². The van der Waals surface area contributed by atoms with E-state index in [1.54, 1.807) is 12.1 Å². The zero-order valence-corrected chi connectivity index (χ0v) is 12.5. The molecule has 0 aliphatic carbocycles. The van der Waals surface area contributed by atoms with E-state index in [9.17, 15) is 18.0 Å². The van der Waals surface area contributed by atoms with Crippen molar-refractivity contribution in [3.8, 4) is 5.75 Å². The van der Waals surface area contributed by atoms with Crippen LogP contribution in [0.3, 0.4) is 0 Å². The van der Waals surface area contributed by atoms with Gasteiger partial charge in [0.1, 0.15) is 5.75 Å². The Morgan fingerprint density at radius 3 is 2.41 bits per heavy atom. The van der Waals surface area contributed by atoms with Crippen LogP contribution in [0.5, 0.6) is 5.75 Å². The zero-order chi connectivity index (χ0) is 16.8. The molecule has 0 unspecified atom stereocenters. The van der Waals surface area contributed by atoms with Crippen LogP contribution in [0.1, 0.15) is 13.8 Å². The van der Waals surface area contributed by atoms with Gasteiger partial charge in [0.25, 0.3) is 0 Å². The standard InChI is InChI=1S/C14H17F3N2O3/c1-4-19(5-2)10-7-6-8-11(9-10)22-12(14(15,16)17)18-13(20)21-3/h6-9H,4-5H2,1-3H3/b18-12+. The van der Waals surface area contributed by atoms with E-state index < -0.39 is 18.2 Å². The zero-order valence-electron chi connectivity index (χ0n) is 12.5. The summed E-state index contributed by atoms with van der Waals surface area (Å²) in [5, 5.41) is 0. The summed E-state index contributed by atoms with van der Waals surface area (Å²) in [5.74, 6) is -1.74. The van der Waals surface area contributed by atoms with Gasteiger partial charge in [-0.15, -0.1) is 4.99 Å². The first kappa shape index (κ1) is 17.8. The van der Waals surface area contributed by atoms with E-state index in [0.29, 0.717) is 18.8 Å². The molecule has 0 aliphatic heterocycles. The van der Waals surface area contributed by atoms with Gasteiger partial charge in [-0.3, -0.25) is 0 Å². The van der Waals surface area contributed by atoms with Crippen LogP contribution >= 0.6 is 0 Å². The fraction of sp³-hybridized carbons (Fsp3) is 0.429. The summed E-state index contributed by atoms with van der Waals surface area (Å²) in [4.78, 5) is 15.6. The minimum Gasteiger partial charge on any atom is -0.451 e. The van der Waals surface area contributed by atoms with E-state index in [2.05, 4.69) is 9.73 Å². The molecule has 0 fully saturated rings. The molecule has 0 spiro atoms. The van der Waals surface area contributed by atoms with E-state index in [-0.39, 0.29) is 5.75 Å². The Morgan fingerprint density at radius 1 is 1.27 bits per heavy atom. The number of rotatable bonds is 4. The first-order valence-electron chi connectivity index (χ1n) is 6.58. The highest BCUT2D eigenvalue weighted by Gasteiger charge is 2.40. The maximum atomic E-state index is 12.8. The highest BCUT2D eigenvalue weighted by molar-refractivity contribution is 5.92. The quantitative estimate of drug-likeness (QED) is 0.628. The predicted molar refractivity (Wildman–Crippen MR) is 76.5 cm³/mol. The molecule has 0 aliphatic rings. The molecule has 0 saturated carbocycles. The number of carbonyl (C=O) groups excluding carboxylic acids is 1. The molecule has 0 N–H and O–H groups in total. The molecule has 0 saturated heterocycles. The van der Waals surface area contributed by atoms with Crippen molar-refractivity contribution in [1.82, 2.24) is 0 Å². The van der Waals surface area contributed by atoms with Crippen molar-refractivity contribution in [3.05, 3.63) is 24.3 Å². The monoisotopic (exact) mass is 318 g/mol. The molecule has 0 atom stereocenters. The van der Waals surface area contributed by atoms with Gasteiger partial charge < -0.3 is 14.4 Å². The Bertz CT molecular complexity index is 540. The number of ether oxygens (including phenoxy) is 2. The Hall–Kier alpha value is -2.25. The Kier molecular flexibility index (Phi) is 6.21. The molecule has 0 heterocycles. The SMILES string of the molecule is CCN(CC)c1cccc(O/C(=N/C(=O)OC)C(F)(F)F)c1. The van der Waals surface area contributed by atoms with Gasteiger partial charge in [-0.05, 0) is 26.0 Å². The van der Waals surface area contributed by atoms with Gasteiger partial charge in [-0.1, -0.05) is 6.07 Å². The first-order chi connectivity index (χ1) is 10.3. The van der Waals surface area contributed by atoms with E-state index in [4.69, 9.17) is 4.74 Å². The lowest BCUT2D eigenvalue weighted by Crippen LogP contribution is -2.30. The van der Waals surface area contributed by atoms with Gasteiger partial charge in [-0.2, -0.15) is 13.2 Å². The fourth-order valence-electron chi connectivity index (χ4n) is 1.72. The number of methoxy groups -OCH3 is 1. The molecule has 1 rings (SSSR count). The molecule has 1 amide bonds. The largest absolute Gasteiger partial charge is 0.469 e. The smallest absolute Gasteiger partial charge is 0.451 e. The predicted octanol–water partition coefficient (Wildman–Crippen LogP) is 3.64. The number of halogens is 3. The van der Waals surface area contributed by atoms with Crippen LogP contribution in [0.2, 0.25) is 0 Å². The lowest BCUT2D eigenvalue weighted by molar-refractivity contribution is -0.0711. The molecule has 22 heavy (non-hydrogen) atoms. The lowest BCUT2D eigenvalue weighted by atomic mass is 10.2. The molecule has 8 heteroatoms. The molecule has 5 nitrogen and oxygen atoms in total. The lowest BCUT2D eigenvalue weighted by Gasteiger charge is -2.21. The third-order valence-electron chi connectivity index (χ3n) is 2.77. The van der Waals surface area contributed by atoms with Crippen LogP contribution in [0.15, 0.2) is 29.3 Å². The number of alkyl halides is 3. The van der Waals surface area contributed by atoms with E-state index in [1.165, 1.54) is 12.1 Å². The van der Waals surface area contributed by atoms with Gasteiger partial charge in [0.2, 0.25) is 0 Å². The van der Waals surface area contributed by atoms with E-state index >= 15 is 0 Å². The van der Waals surface area contributed by atoms with Gasteiger partial charge >= 0.3 is 18.2 Å². The van der Waals surface area contributed by atoms with Crippen molar-refractivity contribution in [3.63, 3.8) is 0 Å². The average molecular weight is 318 g/mol. The van der Waals surface area contributed by atoms with Crippen molar-refractivity contribution >= 4 is 17.7 Å². The van der Waals surface area contributed by atoms with Crippen molar-refractivity contribution in [2.24, 2.45) is 4.99 Å². The maximum absolute atomic E-state index is 12.8. The summed E-state index contributed by atoms with van der Waals surface area (Å²) in [7, 11) is 0.931. The number of aliphatic imine (C=N–C) groups is 1. The number of anilines is 1. The minimum absolute atomic E-state index is 0.0654. The fourth-order valence-corrected chi connectivity index (χ4v) is 1.72. The van der Waals surface area contributed by atoms with Crippen molar-refractivity contribution in [2.45, 2.75) is 20.0 Å². The summed E-state index contributed by atoms with van der Waals surface area (Å²) in [6.45, 7) is 5.25. The maximum Gasteiger partial charge on any atom is 0.469 e. The molecular weight excluding hydrogens is 301 g/mol. The number of carbonyl (C=O) groups is 1. The van der Waals surface area contributed by atoms with Crippen LogP contribution in [0, 0.1) is 0 Å². The minimum atomic E-state index is -4.90. The van der Waals surface area contributed by atoms with Crippen LogP contribution in [-0.2, 0) is 4.74 Å². The molecule has 0 aromatic heterocycles. The van der Waals surface area contributed by atoms with Crippen molar-refractivity contribution in [1.29, 1.82) is 0 Å². The van der Waals surface area contributed by atoms with Gasteiger partial charge in [0, 0.05) is 24.8 Å². The second-order valence-corrected chi connectivity index (χ2v) is 4.16. The third-order valence-corrected chi connectivity index (χ3v) is 2.77. The molecule has 0 radical (unpaired) electrons. The Morgan fingerprint density at radius 2 is 1.91 bits per heavy atom. The van der Waals surface area contributed by atoms with Gasteiger partial charge in [-0.25, -0.2) is 4.79 Å². The van der Waals surface area contributed by atoms with Gasteiger partial charge in [0.05, 0.1) is 7.11 Å². The molecule has 1 aromatic carbocycles. The summed E-state index contributed by atoms with van der Waals surface area (Å²) in [6.07, 6.45) is -6.29. The number of amides is 1. The number of nitrogens with zero attached hydrogens (tertiary/aromatic N) is 2. The number of hydrogen-bond donors (Lipinski definition) is 0. The summed E-state index contributed by atoms with van der Waals surface area (Å²) < 4.78 is 47.3. The number of hydrogen-bond acceptors (Lipinski definition) is 4. The normalized spacial score (nSPS) is 12.0.